The maximum Gasteiger partial charge on any atom is 0.130 e. The molecule has 25 heavy (non-hydrogen) atoms. The van der Waals surface area contributed by atoms with Gasteiger partial charge in [-0.2, -0.15) is 0 Å². The summed E-state index contributed by atoms with van der Waals surface area (Å²) in [6.07, 6.45) is 6.64. The highest BCUT2D eigenvalue weighted by Crippen LogP contribution is 2.43. The predicted octanol–water partition coefficient (Wildman–Crippen LogP) is 5.98. The lowest BCUT2D eigenvalue weighted by atomic mass is 9.89. The van der Waals surface area contributed by atoms with E-state index in [2.05, 4.69) is 18.2 Å². The zero-order chi connectivity index (χ0) is 17.0. The zero-order valence-electron chi connectivity index (χ0n) is 14.2. The van der Waals surface area contributed by atoms with Gasteiger partial charge in [-0.1, -0.05) is 18.2 Å². The van der Waals surface area contributed by atoms with Crippen LogP contribution in [0.2, 0.25) is 0 Å². The Morgan fingerprint density at radius 1 is 0.960 bits per heavy atom. The fourth-order valence-corrected chi connectivity index (χ4v) is 4.28. The molecule has 0 saturated heterocycles. The van der Waals surface area contributed by atoms with E-state index >= 15 is 0 Å². The van der Waals surface area contributed by atoms with Gasteiger partial charge >= 0.3 is 0 Å². The minimum absolute atomic E-state index is 0.185. The van der Waals surface area contributed by atoms with E-state index in [9.17, 15) is 4.39 Å². The summed E-state index contributed by atoms with van der Waals surface area (Å²) < 4.78 is 19.3. The van der Waals surface area contributed by atoms with Crippen LogP contribution in [0.15, 0.2) is 46.9 Å². The summed E-state index contributed by atoms with van der Waals surface area (Å²) in [6, 6.07) is 13.4. The maximum absolute atomic E-state index is 13.4. The molecule has 0 atom stereocenters. The minimum atomic E-state index is -0.185. The molecule has 2 aliphatic rings. The van der Waals surface area contributed by atoms with E-state index in [1.807, 2.05) is 25.1 Å². The number of hydrogen-bond donors (Lipinski definition) is 0. The lowest BCUT2D eigenvalue weighted by Gasteiger charge is -2.14. The van der Waals surface area contributed by atoms with Gasteiger partial charge in [0.2, 0.25) is 0 Å². The Bertz CT molecular complexity index is 1010. The summed E-state index contributed by atoms with van der Waals surface area (Å²) in [4.78, 5) is 0. The van der Waals surface area contributed by atoms with Crippen LogP contribution < -0.4 is 0 Å². The van der Waals surface area contributed by atoms with E-state index in [0.717, 1.165) is 36.3 Å². The first-order valence-corrected chi connectivity index (χ1v) is 8.90. The maximum atomic E-state index is 13.4. The fraction of sp³-hybridized carbons (Fsp3) is 0.217. The van der Waals surface area contributed by atoms with Gasteiger partial charge in [0.15, 0.2) is 0 Å². The summed E-state index contributed by atoms with van der Waals surface area (Å²) in [5.41, 5.74) is 9.20. The Balaban J connectivity index is 1.71. The van der Waals surface area contributed by atoms with Crippen LogP contribution in [0.4, 0.5) is 4.39 Å². The highest BCUT2D eigenvalue weighted by atomic mass is 19.1. The molecule has 0 fully saturated rings. The van der Waals surface area contributed by atoms with Crippen LogP contribution in [0, 0.1) is 12.7 Å². The summed E-state index contributed by atoms with van der Waals surface area (Å²) >= 11 is 0. The minimum Gasteiger partial charge on any atom is -0.462 e. The molecule has 3 aromatic rings. The van der Waals surface area contributed by atoms with Crippen molar-refractivity contribution in [3.8, 4) is 11.1 Å². The molecule has 2 aromatic carbocycles. The number of furan rings is 1. The van der Waals surface area contributed by atoms with Crippen molar-refractivity contribution in [1.82, 2.24) is 0 Å². The molecule has 0 spiro atoms. The van der Waals surface area contributed by atoms with Crippen molar-refractivity contribution >= 4 is 11.6 Å². The Kier molecular flexibility index (Phi) is 3.21. The SMILES string of the molecule is Cc1ccc(C2=Cc3c(cc4c(c3-c3ccc(F)cc3)CCC4)C2)o1. The molecule has 2 aliphatic carbocycles. The number of halogens is 1. The van der Waals surface area contributed by atoms with E-state index in [-0.39, 0.29) is 5.82 Å². The zero-order valence-corrected chi connectivity index (χ0v) is 14.2. The van der Waals surface area contributed by atoms with Gasteiger partial charge in [0.1, 0.15) is 17.3 Å². The second-order valence-electron chi connectivity index (χ2n) is 7.08. The molecule has 0 aliphatic heterocycles. The molecule has 1 heterocycles. The van der Waals surface area contributed by atoms with E-state index in [1.54, 1.807) is 12.1 Å². The van der Waals surface area contributed by atoms with Crippen molar-refractivity contribution in [2.75, 3.05) is 0 Å². The van der Waals surface area contributed by atoms with Crippen molar-refractivity contribution in [2.45, 2.75) is 32.6 Å². The summed E-state index contributed by atoms with van der Waals surface area (Å²) in [7, 11) is 0. The van der Waals surface area contributed by atoms with Crippen molar-refractivity contribution in [1.29, 1.82) is 0 Å². The Morgan fingerprint density at radius 2 is 1.80 bits per heavy atom. The number of benzene rings is 2. The third kappa shape index (κ3) is 2.36. The first-order chi connectivity index (χ1) is 12.2. The predicted molar refractivity (Wildman–Crippen MR) is 98.9 cm³/mol. The van der Waals surface area contributed by atoms with E-state index in [1.165, 1.54) is 39.8 Å². The standard InChI is InChI=1S/C23H19FO/c1-14-5-10-22(25-14)18-12-17-11-16-3-2-4-20(16)23(21(17)13-18)15-6-8-19(24)9-7-15/h5-11,13H,2-4,12H2,1H3. The first-order valence-electron chi connectivity index (χ1n) is 8.90. The summed E-state index contributed by atoms with van der Waals surface area (Å²) in [6.45, 7) is 1.98. The van der Waals surface area contributed by atoms with Crippen LogP contribution in [0.5, 0.6) is 0 Å². The van der Waals surface area contributed by atoms with Crippen molar-refractivity contribution < 1.29 is 8.81 Å². The van der Waals surface area contributed by atoms with Gasteiger partial charge in [0.25, 0.3) is 0 Å². The fourth-order valence-electron chi connectivity index (χ4n) is 4.28. The van der Waals surface area contributed by atoms with Gasteiger partial charge in [0.05, 0.1) is 0 Å². The monoisotopic (exact) mass is 330 g/mol. The molecular formula is C23H19FO. The molecule has 5 rings (SSSR count). The number of aryl methyl sites for hydroxylation is 2. The smallest absolute Gasteiger partial charge is 0.130 e. The molecule has 0 bridgehead atoms. The van der Waals surface area contributed by atoms with E-state index in [4.69, 9.17) is 4.42 Å². The topological polar surface area (TPSA) is 13.1 Å². The second-order valence-corrected chi connectivity index (χ2v) is 7.08. The molecule has 0 amide bonds. The normalized spacial score (nSPS) is 15.2. The van der Waals surface area contributed by atoms with Crippen molar-refractivity contribution in [3.63, 3.8) is 0 Å². The lowest BCUT2D eigenvalue weighted by molar-refractivity contribution is 0.521. The third-order valence-electron chi connectivity index (χ3n) is 5.42. The average molecular weight is 330 g/mol. The van der Waals surface area contributed by atoms with Gasteiger partial charge in [-0.15, -0.1) is 0 Å². The molecule has 0 N–H and O–H groups in total. The Morgan fingerprint density at radius 3 is 2.56 bits per heavy atom. The Labute approximate surface area is 146 Å². The van der Waals surface area contributed by atoms with Crippen LogP contribution in [0.1, 0.15) is 40.2 Å². The molecule has 1 nitrogen and oxygen atoms in total. The highest BCUT2D eigenvalue weighted by molar-refractivity contribution is 5.94. The van der Waals surface area contributed by atoms with Crippen molar-refractivity contribution in [3.05, 3.63) is 82.1 Å². The first kappa shape index (κ1) is 14.7. The largest absolute Gasteiger partial charge is 0.462 e. The Hall–Kier alpha value is -2.61. The van der Waals surface area contributed by atoms with Gasteiger partial charge < -0.3 is 4.42 Å². The third-order valence-corrected chi connectivity index (χ3v) is 5.42. The quantitative estimate of drug-likeness (QED) is 0.563. The summed E-state index contributed by atoms with van der Waals surface area (Å²) in [5, 5.41) is 0. The van der Waals surface area contributed by atoms with Crippen LogP contribution in [0.3, 0.4) is 0 Å². The van der Waals surface area contributed by atoms with Crippen LogP contribution in [-0.2, 0) is 19.3 Å². The highest BCUT2D eigenvalue weighted by Gasteiger charge is 2.26. The number of allylic oxidation sites excluding steroid dienone is 1. The molecule has 0 saturated carbocycles. The number of hydrogen-bond acceptors (Lipinski definition) is 1. The van der Waals surface area contributed by atoms with Crippen LogP contribution >= 0.6 is 0 Å². The molecule has 1 aromatic heterocycles. The van der Waals surface area contributed by atoms with Crippen LogP contribution in [0.25, 0.3) is 22.8 Å². The molecule has 0 unspecified atom stereocenters. The van der Waals surface area contributed by atoms with Gasteiger partial charge in [-0.05, 0) is 95.5 Å². The molecule has 2 heteroatoms. The molecular weight excluding hydrogens is 311 g/mol. The lowest BCUT2D eigenvalue weighted by Crippen LogP contribution is -1.96. The second kappa shape index (κ2) is 5.45. The van der Waals surface area contributed by atoms with Crippen LogP contribution in [-0.4, -0.2) is 0 Å². The van der Waals surface area contributed by atoms with Gasteiger partial charge in [-0.25, -0.2) is 4.39 Å². The van der Waals surface area contributed by atoms with Gasteiger partial charge in [-0.3, -0.25) is 0 Å². The molecule has 0 radical (unpaired) electrons. The molecule has 124 valence electrons. The number of fused-ring (bicyclic) bond motifs is 2. The average Bonchev–Trinajstić information content (AvgIpc) is 3.32. The number of rotatable bonds is 2. The summed E-state index contributed by atoms with van der Waals surface area (Å²) in [5.74, 6) is 1.71. The van der Waals surface area contributed by atoms with Gasteiger partial charge in [0, 0.05) is 6.42 Å². The van der Waals surface area contributed by atoms with E-state index in [0.29, 0.717) is 0 Å². The van der Waals surface area contributed by atoms with Crippen molar-refractivity contribution in [2.24, 2.45) is 0 Å². The van der Waals surface area contributed by atoms with E-state index < -0.39 is 0 Å².